The summed E-state index contributed by atoms with van der Waals surface area (Å²) in [5, 5.41) is 11.6. The van der Waals surface area contributed by atoms with Crippen molar-refractivity contribution in [2.75, 3.05) is 11.9 Å². The second-order valence-electron chi connectivity index (χ2n) is 5.66. The van der Waals surface area contributed by atoms with Gasteiger partial charge in [-0.25, -0.2) is 4.39 Å². The second-order valence-corrected chi connectivity index (χ2v) is 5.66. The van der Waals surface area contributed by atoms with Gasteiger partial charge in [0.1, 0.15) is 5.82 Å². The largest absolute Gasteiger partial charge is 0.346 e. The van der Waals surface area contributed by atoms with Gasteiger partial charge in [0.25, 0.3) is 0 Å². The molecule has 0 radical (unpaired) electrons. The van der Waals surface area contributed by atoms with E-state index in [2.05, 4.69) is 20.8 Å². The lowest BCUT2D eigenvalue weighted by Crippen LogP contribution is -2.50. The first-order chi connectivity index (χ1) is 11.1. The summed E-state index contributed by atoms with van der Waals surface area (Å²) in [5.41, 5.74) is 0.474. The number of H-pyrrole nitrogens is 1. The molecule has 1 heterocycles. The Hall–Kier alpha value is -2.70. The Morgan fingerprint density at radius 3 is 2.78 bits per heavy atom. The van der Waals surface area contributed by atoms with Crippen molar-refractivity contribution in [1.82, 2.24) is 15.5 Å². The monoisotopic (exact) mass is 316 g/mol. The van der Waals surface area contributed by atoms with Crippen molar-refractivity contribution < 1.29 is 14.0 Å². The molecule has 1 aromatic carbocycles. The summed E-state index contributed by atoms with van der Waals surface area (Å²) in [6.07, 6.45) is 5.24. The number of amides is 2. The Morgan fingerprint density at radius 1 is 1.35 bits per heavy atom. The molecule has 0 saturated heterocycles. The summed E-state index contributed by atoms with van der Waals surface area (Å²) in [6.45, 7) is -0.138. The van der Waals surface area contributed by atoms with Gasteiger partial charge in [0.15, 0.2) is 0 Å². The normalized spacial score (nSPS) is 15.5. The molecule has 0 spiro atoms. The minimum absolute atomic E-state index is 0.138. The van der Waals surface area contributed by atoms with E-state index in [1.807, 2.05) is 0 Å². The number of anilines is 1. The highest BCUT2D eigenvalue weighted by molar-refractivity contribution is 5.96. The fourth-order valence-electron chi connectivity index (χ4n) is 2.82. The van der Waals surface area contributed by atoms with Crippen LogP contribution in [0.15, 0.2) is 36.7 Å². The van der Waals surface area contributed by atoms with Gasteiger partial charge in [-0.1, -0.05) is 18.6 Å². The average molecular weight is 316 g/mol. The number of hydrogen-bond donors (Lipinski definition) is 3. The van der Waals surface area contributed by atoms with Gasteiger partial charge in [0.05, 0.1) is 23.8 Å². The zero-order valence-corrected chi connectivity index (χ0v) is 12.4. The Labute approximate surface area is 132 Å². The summed E-state index contributed by atoms with van der Waals surface area (Å²) < 4.78 is 13.4. The summed E-state index contributed by atoms with van der Waals surface area (Å²) in [6, 6.07) is 6.10. The van der Waals surface area contributed by atoms with E-state index in [4.69, 9.17) is 0 Å². The minimum Gasteiger partial charge on any atom is -0.346 e. The van der Waals surface area contributed by atoms with Crippen LogP contribution in [0.25, 0.3) is 0 Å². The third-order valence-electron chi connectivity index (χ3n) is 4.21. The van der Waals surface area contributed by atoms with Crippen LogP contribution in [0.2, 0.25) is 0 Å². The quantitative estimate of drug-likeness (QED) is 0.785. The van der Waals surface area contributed by atoms with Crippen molar-refractivity contribution in [2.45, 2.75) is 24.7 Å². The van der Waals surface area contributed by atoms with Crippen molar-refractivity contribution >= 4 is 17.5 Å². The molecule has 0 bridgehead atoms. The van der Waals surface area contributed by atoms with Gasteiger partial charge in [0, 0.05) is 6.20 Å². The molecule has 2 amide bonds. The van der Waals surface area contributed by atoms with Crippen molar-refractivity contribution in [3.05, 3.63) is 48.0 Å². The number of rotatable bonds is 5. The van der Waals surface area contributed by atoms with Crippen molar-refractivity contribution in [3.63, 3.8) is 0 Å². The molecule has 23 heavy (non-hydrogen) atoms. The maximum atomic E-state index is 13.4. The maximum Gasteiger partial charge on any atom is 0.243 e. The van der Waals surface area contributed by atoms with Crippen LogP contribution in [0.4, 0.5) is 10.1 Å². The topological polar surface area (TPSA) is 86.9 Å². The number of halogens is 1. The summed E-state index contributed by atoms with van der Waals surface area (Å²) in [4.78, 5) is 24.3. The molecule has 1 aliphatic rings. The second kappa shape index (κ2) is 6.20. The van der Waals surface area contributed by atoms with Crippen LogP contribution in [0.3, 0.4) is 0 Å². The fraction of sp³-hybridized carbons (Fsp3) is 0.312. The minimum atomic E-state index is -0.724. The number of carbonyl (C=O) groups is 2. The molecule has 0 aliphatic heterocycles. The molecule has 0 atom stereocenters. The predicted octanol–water partition coefficient (Wildman–Crippen LogP) is 1.73. The standard InChI is InChI=1S/C16H17FN4O2/c17-12-4-1-3-11(7-12)16(5-2-6-16)15(23)18-10-14(22)21-13-8-19-20-9-13/h1,3-4,7-9H,2,5-6,10H2,(H,18,23)(H,19,20)(H,21,22). The Balaban J connectivity index is 1.63. The summed E-state index contributed by atoms with van der Waals surface area (Å²) in [7, 11) is 0. The third-order valence-corrected chi connectivity index (χ3v) is 4.21. The van der Waals surface area contributed by atoms with E-state index in [0.717, 1.165) is 6.42 Å². The highest BCUT2D eigenvalue weighted by Gasteiger charge is 2.45. The van der Waals surface area contributed by atoms with E-state index in [1.165, 1.54) is 18.3 Å². The van der Waals surface area contributed by atoms with Crippen LogP contribution in [0.1, 0.15) is 24.8 Å². The Kier molecular flexibility index (Phi) is 4.10. The van der Waals surface area contributed by atoms with Crippen LogP contribution in [-0.4, -0.2) is 28.6 Å². The van der Waals surface area contributed by atoms with Crippen LogP contribution in [0, 0.1) is 5.82 Å². The molecule has 2 aromatic rings. The van der Waals surface area contributed by atoms with E-state index in [9.17, 15) is 14.0 Å². The van der Waals surface area contributed by atoms with Gasteiger partial charge in [-0.3, -0.25) is 14.7 Å². The lowest BCUT2D eigenvalue weighted by molar-refractivity contribution is -0.131. The number of benzene rings is 1. The van der Waals surface area contributed by atoms with Crippen LogP contribution >= 0.6 is 0 Å². The zero-order valence-electron chi connectivity index (χ0n) is 12.4. The fourth-order valence-corrected chi connectivity index (χ4v) is 2.82. The molecule has 1 aliphatic carbocycles. The van der Waals surface area contributed by atoms with Gasteiger partial charge >= 0.3 is 0 Å². The highest BCUT2D eigenvalue weighted by atomic mass is 19.1. The number of aromatic nitrogens is 2. The van der Waals surface area contributed by atoms with Gasteiger partial charge < -0.3 is 10.6 Å². The van der Waals surface area contributed by atoms with E-state index in [-0.39, 0.29) is 24.2 Å². The van der Waals surface area contributed by atoms with Crippen LogP contribution in [0.5, 0.6) is 0 Å². The molecule has 0 unspecified atom stereocenters. The molecule has 1 aromatic heterocycles. The highest BCUT2D eigenvalue weighted by Crippen LogP contribution is 2.44. The van der Waals surface area contributed by atoms with E-state index in [1.54, 1.807) is 18.3 Å². The first-order valence-corrected chi connectivity index (χ1v) is 7.43. The molecule has 7 heteroatoms. The van der Waals surface area contributed by atoms with Crippen LogP contribution in [-0.2, 0) is 15.0 Å². The summed E-state index contributed by atoms with van der Waals surface area (Å²) in [5.74, 6) is -0.940. The molecule has 1 saturated carbocycles. The van der Waals surface area contributed by atoms with Crippen molar-refractivity contribution in [1.29, 1.82) is 0 Å². The third kappa shape index (κ3) is 3.08. The predicted molar refractivity (Wildman–Crippen MR) is 82.2 cm³/mol. The molecule has 3 rings (SSSR count). The average Bonchev–Trinajstić information content (AvgIpc) is 2.97. The zero-order chi connectivity index (χ0) is 16.3. The van der Waals surface area contributed by atoms with Crippen molar-refractivity contribution in [2.24, 2.45) is 0 Å². The van der Waals surface area contributed by atoms with Gasteiger partial charge in [-0.15, -0.1) is 0 Å². The Bertz CT molecular complexity index is 711. The van der Waals surface area contributed by atoms with Crippen LogP contribution < -0.4 is 10.6 Å². The van der Waals surface area contributed by atoms with Gasteiger partial charge in [-0.05, 0) is 30.5 Å². The number of nitrogens with one attached hydrogen (secondary N) is 3. The smallest absolute Gasteiger partial charge is 0.243 e. The molecular weight excluding hydrogens is 299 g/mol. The van der Waals surface area contributed by atoms with E-state index < -0.39 is 5.41 Å². The Morgan fingerprint density at radius 2 is 2.17 bits per heavy atom. The molecule has 1 fully saturated rings. The SMILES string of the molecule is O=C(CNC(=O)C1(c2cccc(F)c2)CCC1)Nc1cn[nH]c1. The first kappa shape index (κ1) is 15.2. The van der Waals surface area contributed by atoms with Gasteiger partial charge in [0.2, 0.25) is 11.8 Å². The number of hydrogen-bond acceptors (Lipinski definition) is 3. The van der Waals surface area contributed by atoms with Crippen molar-refractivity contribution in [3.8, 4) is 0 Å². The molecule has 3 N–H and O–H groups in total. The molecule has 120 valence electrons. The molecule has 6 nitrogen and oxygen atoms in total. The maximum absolute atomic E-state index is 13.4. The lowest BCUT2D eigenvalue weighted by Gasteiger charge is -2.40. The number of nitrogens with zero attached hydrogens (tertiary/aromatic N) is 1. The molecular formula is C16H17FN4O2. The van der Waals surface area contributed by atoms with E-state index >= 15 is 0 Å². The number of aromatic amines is 1. The van der Waals surface area contributed by atoms with Gasteiger partial charge in [-0.2, -0.15) is 5.10 Å². The van der Waals surface area contributed by atoms with E-state index in [0.29, 0.717) is 24.1 Å². The summed E-state index contributed by atoms with van der Waals surface area (Å²) >= 11 is 0. The first-order valence-electron chi connectivity index (χ1n) is 7.43. The lowest BCUT2D eigenvalue weighted by atomic mass is 9.64. The number of carbonyl (C=O) groups excluding carboxylic acids is 2.